The monoisotopic (exact) mass is 257 g/mol. The van der Waals surface area contributed by atoms with Crippen molar-refractivity contribution in [3.63, 3.8) is 0 Å². The Morgan fingerprint density at radius 3 is 2.35 bits per heavy atom. The second kappa shape index (κ2) is 6.14. The maximum Gasteiger partial charge on any atom is 0.175 e. The molecule has 0 amide bonds. The van der Waals surface area contributed by atoms with Crippen molar-refractivity contribution in [1.82, 2.24) is 5.32 Å². The van der Waals surface area contributed by atoms with Gasteiger partial charge in [0, 0.05) is 26.0 Å². The Morgan fingerprint density at radius 2 is 1.88 bits per heavy atom. The summed E-state index contributed by atoms with van der Waals surface area (Å²) in [6.45, 7) is 3.54. The lowest BCUT2D eigenvalue weighted by Crippen LogP contribution is -2.22. The molecule has 0 bridgehead atoms. The van der Waals surface area contributed by atoms with Crippen molar-refractivity contribution in [3.05, 3.63) is 29.8 Å². The van der Waals surface area contributed by atoms with E-state index >= 15 is 0 Å². The number of hydrogen-bond acceptors (Lipinski definition) is 4. The van der Waals surface area contributed by atoms with E-state index in [0.29, 0.717) is 11.4 Å². The number of benzene rings is 1. The van der Waals surface area contributed by atoms with Gasteiger partial charge in [0.05, 0.1) is 4.90 Å². The van der Waals surface area contributed by atoms with Gasteiger partial charge in [-0.2, -0.15) is 0 Å². The molecule has 1 aromatic carbocycles. The van der Waals surface area contributed by atoms with Crippen LogP contribution < -0.4 is 5.32 Å². The molecule has 5 heteroatoms. The van der Waals surface area contributed by atoms with Gasteiger partial charge in [0.2, 0.25) is 0 Å². The molecule has 17 heavy (non-hydrogen) atoms. The highest BCUT2D eigenvalue weighted by atomic mass is 32.2. The molecule has 1 aromatic rings. The summed E-state index contributed by atoms with van der Waals surface area (Å²) in [6, 6.07) is 6.82. The van der Waals surface area contributed by atoms with Crippen molar-refractivity contribution >= 4 is 9.84 Å². The van der Waals surface area contributed by atoms with Gasteiger partial charge in [0.1, 0.15) is 0 Å². The second-order valence-corrected chi connectivity index (χ2v) is 6.35. The first-order valence-electron chi connectivity index (χ1n) is 5.54. The number of aliphatic hydroxyl groups excluding tert-OH is 1. The Hall–Kier alpha value is -0.910. The molecule has 0 aliphatic carbocycles. The largest absolute Gasteiger partial charge is 0.396 e. The van der Waals surface area contributed by atoms with Gasteiger partial charge in [-0.25, -0.2) is 8.42 Å². The van der Waals surface area contributed by atoms with Crippen LogP contribution in [0.4, 0.5) is 0 Å². The fourth-order valence-electron chi connectivity index (χ4n) is 1.38. The molecule has 0 saturated carbocycles. The second-order valence-electron chi connectivity index (χ2n) is 4.33. The Balaban J connectivity index is 2.52. The van der Waals surface area contributed by atoms with Gasteiger partial charge in [-0.15, -0.1) is 0 Å². The van der Waals surface area contributed by atoms with Crippen LogP contribution in [0.3, 0.4) is 0 Å². The van der Waals surface area contributed by atoms with E-state index in [2.05, 4.69) is 5.32 Å². The highest BCUT2D eigenvalue weighted by molar-refractivity contribution is 7.90. The van der Waals surface area contributed by atoms with Crippen LogP contribution in [0.1, 0.15) is 12.5 Å². The lowest BCUT2D eigenvalue weighted by atomic mass is 10.2. The molecule has 0 radical (unpaired) electrons. The van der Waals surface area contributed by atoms with Crippen molar-refractivity contribution in [2.24, 2.45) is 5.92 Å². The van der Waals surface area contributed by atoms with E-state index in [1.807, 2.05) is 6.92 Å². The zero-order valence-corrected chi connectivity index (χ0v) is 11.0. The third-order valence-electron chi connectivity index (χ3n) is 2.49. The van der Waals surface area contributed by atoms with Gasteiger partial charge in [-0.1, -0.05) is 19.1 Å². The fraction of sp³-hybridized carbons (Fsp3) is 0.500. The maximum absolute atomic E-state index is 11.2. The molecule has 0 aliphatic rings. The molecule has 0 fully saturated rings. The smallest absolute Gasteiger partial charge is 0.175 e. The van der Waals surface area contributed by atoms with Crippen LogP contribution in [-0.4, -0.2) is 32.9 Å². The topological polar surface area (TPSA) is 66.4 Å². The lowest BCUT2D eigenvalue weighted by Gasteiger charge is -2.09. The highest BCUT2D eigenvalue weighted by Crippen LogP contribution is 2.10. The Labute approximate surface area is 103 Å². The third kappa shape index (κ3) is 4.85. The molecule has 96 valence electrons. The number of aliphatic hydroxyl groups is 1. The summed E-state index contributed by atoms with van der Waals surface area (Å²) in [5.74, 6) is 0.227. The predicted octanol–water partition coefficient (Wildman–Crippen LogP) is 0.808. The van der Waals surface area contributed by atoms with Crippen molar-refractivity contribution < 1.29 is 13.5 Å². The number of nitrogens with one attached hydrogen (secondary N) is 1. The van der Waals surface area contributed by atoms with E-state index in [9.17, 15) is 8.42 Å². The SMILES string of the molecule is CC(CO)CNCc1ccc(S(C)(=O)=O)cc1. The normalized spacial score (nSPS) is 13.6. The Morgan fingerprint density at radius 1 is 1.29 bits per heavy atom. The molecule has 0 aromatic heterocycles. The van der Waals surface area contributed by atoms with E-state index in [4.69, 9.17) is 5.11 Å². The van der Waals surface area contributed by atoms with Gasteiger partial charge in [-0.05, 0) is 23.6 Å². The summed E-state index contributed by atoms with van der Waals surface area (Å²) in [4.78, 5) is 0.338. The maximum atomic E-state index is 11.2. The van der Waals surface area contributed by atoms with Gasteiger partial charge in [-0.3, -0.25) is 0 Å². The van der Waals surface area contributed by atoms with E-state index < -0.39 is 9.84 Å². The minimum absolute atomic E-state index is 0.167. The lowest BCUT2D eigenvalue weighted by molar-refractivity contribution is 0.233. The van der Waals surface area contributed by atoms with Crippen molar-refractivity contribution in [2.45, 2.75) is 18.4 Å². The zero-order valence-electron chi connectivity index (χ0n) is 10.2. The van der Waals surface area contributed by atoms with E-state index in [1.54, 1.807) is 24.3 Å². The molecular formula is C12H19NO3S. The van der Waals surface area contributed by atoms with Gasteiger partial charge < -0.3 is 10.4 Å². The average molecular weight is 257 g/mol. The summed E-state index contributed by atoms with van der Waals surface area (Å²) in [5, 5.41) is 12.1. The van der Waals surface area contributed by atoms with Gasteiger partial charge >= 0.3 is 0 Å². The zero-order chi connectivity index (χ0) is 12.9. The van der Waals surface area contributed by atoms with Gasteiger partial charge in [0.15, 0.2) is 9.84 Å². The molecular weight excluding hydrogens is 238 g/mol. The molecule has 1 rings (SSSR count). The van der Waals surface area contributed by atoms with Crippen LogP contribution >= 0.6 is 0 Å². The van der Waals surface area contributed by atoms with E-state index in [1.165, 1.54) is 6.26 Å². The molecule has 0 saturated heterocycles. The number of hydrogen-bond donors (Lipinski definition) is 2. The molecule has 4 nitrogen and oxygen atoms in total. The van der Waals surface area contributed by atoms with Crippen molar-refractivity contribution in [1.29, 1.82) is 0 Å². The fourth-order valence-corrected chi connectivity index (χ4v) is 2.01. The van der Waals surface area contributed by atoms with Crippen LogP contribution in [0.5, 0.6) is 0 Å². The summed E-state index contributed by atoms with van der Waals surface area (Å²) in [7, 11) is -3.11. The van der Waals surface area contributed by atoms with Crippen LogP contribution in [0.2, 0.25) is 0 Å². The summed E-state index contributed by atoms with van der Waals surface area (Å²) < 4.78 is 22.5. The Bertz CT molecular complexity index is 439. The summed E-state index contributed by atoms with van der Waals surface area (Å²) in [6.07, 6.45) is 1.20. The van der Waals surface area contributed by atoms with Gasteiger partial charge in [0.25, 0.3) is 0 Å². The quantitative estimate of drug-likeness (QED) is 0.791. The van der Waals surface area contributed by atoms with Crippen molar-refractivity contribution in [3.8, 4) is 0 Å². The standard InChI is InChI=1S/C12H19NO3S/c1-10(9-14)7-13-8-11-3-5-12(6-4-11)17(2,15)16/h3-6,10,13-14H,7-9H2,1-2H3. The van der Waals surface area contributed by atoms with Crippen molar-refractivity contribution in [2.75, 3.05) is 19.4 Å². The molecule has 0 spiro atoms. The van der Waals surface area contributed by atoms with E-state index in [0.717, 1.165) is 12.1 Å². The van der Waals surface area contributed by atoms with Crippen LogP contribution in [0, 0.1) is 5.92 Å². The van der Waals surface area contributed by atoms with E-state index in [-0.39, 0.29) is 12.5 Å². The third-order valence-corrected chi connectivity index (χ3v) is 3.61. The summed E-state index contributed by atoms with van der Waals surface area (Å²) >= 11 is 0. The first-order chi connectivity index (χ1) is 7.93. The molecule has 1 unspecified atom stereocenters. The molecule has 0 heterocycles. The number of rotatable bonds is 6. The molecule has 2 N–H and O–H groups in total. The minimum atomic E-state index is -3.11. The Kier molecular flexibility index (Phi) is 5.11. The minimum Gasteiger partial charge on any atom is -0.396 e. The van der Waals surface area contributed by atoms with Crippen LogP contribution in [0.25, 0.3) is 0 Å². The molecule has 0 aliphatic heterocycles. The number of sulfone groups is 1. The average Bonchev–Trinajstić information content (AvgIpc) is 2.28. The van der Waals surface area contributed by atoms with Crippen LogP contribution in [0.15, 0.2) is 29.2 Å². The first-order valence-corrected chi connectivity index (χ1v) is 7.43. The molecule has 1 atom stereocenters. The highest BCUT2D eigenvalue weighted by Gasteiger charge is 2.06. The predicted molar refractivity (Wildman–Crippen MR) is 67.5 cm³/mol. The first kappa shape index (κ1) is 14.2. The van der Waals surface area contributed by atoms with Crippen LogP contribution in [-0.2, 0) is 16.4 Å². The summed E-state index contributed by atoms with van der Waals surface area (Å²) in [5.41, 5.74) is 1.03.